The average molecular weight is 699 g/mol. The van der Waals surface area contributed by atoms with Crippen molar-refractivity contribution >= 4 is 76.3 Å². The summed E-state index contributed by atoms with van der Waals surface area (Å²) in [7, 11) is 0. The lowest BCUT2D eigenvalue weighted by Gasteiger charge is -2.15. The molecule has 3 heteroatoms. The van der Waals surface area contributed by atoms with Crippen LogP contribution in [-0.4, -0.2) is 9.13 Å². The van der Waals surface area contributed by atoms with Crippen LogP contribution < -0.4 is 0 Å². The molecule has 0 unspecified atom stereocenters. The Bertz CT molecular complexity index is 3600. The van der Waals surface area contributed by atoms with Gasteiger partial charge in [-0.1, -0.05) is 133 Å². The van der Waals surface area contributed by atoms with E-state index < -0.39 is 0 Å². The lowest BCUT2D eigenvalue weighted by Crippen LogP contribution is -1.99. The van der Waals surface area contributed by atoms with Crippen LogP contribution in [0.1, 0.15) is 0 Å². The highest BCUT2D eigenvalue weighted by atomic mass is 16.3. The standard InChI is InChI=1S/C52H30N2O/c1-2-12-31(13-3-1)32-14-10-16-34(28-32)54-50-41(26-27-47-49(50)43-20-7-9-23-46(43)55-47)42-25-24-40-38-19-6-8-22-45(38)53(51(40)52(42)54)35-29-33-15-11-21-39-36-17-4-5-18-37(36)44(30-35)48(33)39/h1-30H. The summed E-state index contributed by atoms with van der Waals surface area (Å²) in [6.07, 6.45) is 0. The molecule has 0 bridgehead atoms. The van der Waals surface area contributed by atoms with Crippen LogP contribution in [-0.2, 0) is 0 Å². The van der Waals surface area contributed by atoms with Gasteiger partial charge in [-0.15, -0.1) is 0 Å². The Morgan fingerprint density at radius 3 is 1.87 bits per heavy atom. The maximum atomic E-state index is 6.55. The third-order valence-electron chi connectivity index (χ3n) is 12.0. The SMILES string of the molecule is c1ccc(-c2cccc(-n3c4c(ccc5oc6ccccc6c54)c4ccc5c6ccccc6n(-c6cc7c8c(cccc8c6)-c6ccccc6-7)c5c43)c2)cc1. The van der Waals surface area contributed by atoms with Crippen LogP contribution in [0.5, 0.6) is 0 Å². The molecule has 13 rings (SSSR count). The monoisotopic (exact) mass is 698 g/mol. The van der Waals surface area contributed by atoms with E-state index in [0.29, 0.717) is 0 Å². The summed E-state index contributed by atoms with van der Waals surface area (Å²) in [6, 6.07) is 66.5. The van der Waals surface area contributed by atoms with E-state index in [1.807, 2.05) is 0 Å². The molecule has 0 saturated carbocycles. The Morgan fingerprint density at radius 1 is 0.327 bits per heavy atom. The molecule has 3 heterocycles. The summed E-state index contributed by atoms with van der Waals surface area (Å²) in [4.78, 5) is 0. The number of aromatic nitrogens is 2. The van der Waals surface area contributed by atoms with Crippen LogP contribution in [0, 0.1) is 0 Å². The van der Waals surface area contributed by atoms with Crippen LogP contribution in [0.4, 0.5) is 0 Å². The van der Waals surface area contributed by atoms with Gasteiger partial charge in [0.1, 0.15) is 11.2 Å². The Kier molecular flexibility index (Phi) is 5.63. The normalized spacial score (nSPS) is 12.4. The molecule has 12 aromatic rings. The lowest BCUT2D eigenvalue weighted by molar-refractivity contribution is 0.669. The van der Waals surface area contributed by atoms with E-state index >= 15 is 0 Å². The topological polar surface area (TPSA) is 23.0 Å². The van der Waals surface area contributed by atoms with E-state index in [-0.39, 0.29) is 0 Å². The van der Waals surface area contributed by atoms with Gasteiger partial charge in [-0.05, 0) is 92.7 Å². The molecule has 55 heavy (non-hydrogen) atoms. The highest BCUT2D eigenvalue weighted by molar-refractivity contribution is 6.29. The van der Waals surface area contributed by atoms with Crippen molar-refractivity contribution in [2.75, 3.05) is 0 Å². The second-order valence-electron chi connectivity index (χ2n) is 14.8. The highest BCUT2D eigenvalue weighted by Gasteiger charge is 2.26. The first-order valence-electron chi connectivity index (χ1n) is 18.9. The second-order valence-corrected chi connectivity index (χ2v) is 14.8. The van der Waals surface area contributed by atoms with Gasteiger partial charge in [0.15, 0.2) is 0 Å². The minimum Gasteiger partial charge on any atom is -0.456 e. The summed E-state index contributed by atoms with van der Waals surface area (Å²) >= 11 is 0. The molecule has 1 aliphatic rings. The van der Waals surface area contributed by atoms with Crippen molar-refractivity contribution in [1.82, 2.24) is 9.13 Å². The molecule has 0 amide bonds. The fraction of sp³-hybridized carbons (Fsp3) is 0. The number of hydrogen-bond acceptors (Lipinski definition) is 1. The third-order valence-corrected chi connectivity index (χ3v) is 12.0. The maximum absolute atomic E-state index is 6.55. The predicted octanol–water partition coefficient (Wildman–Crippen LogP) is 14.2. The van der Waals surface area contributed by atoms with Crippen molar-refractivity contribution in [2.45, 2.75) is 0 Å². The average Bonchev–Trinajstić information content (AvgIpc) is 3.98. The zero-order chi connectivity index (χ0) is 35.8. The zero-order valence-electron chi connectivity index (χ0n) is 29.6. The summed E-state index contributed by atoms with van der Waals surface area (Å²) in [5, 5.41) is 9.71. The molecule has 0 spiro atoms. The first-order valence-corrected chi connectivity index (χ1v) is 18.9. The zero-order valence-corrected chi connectivity index (χ0v) is 29.6. The number of rotatable bonds is 3. The molecule has 0 radical (unpaired) electrons. The molecule has 0 aliphatic heterocycles. The van der Waals surface area contributed by atoms with Crippen LogP contribution >= 0.6 is 0 Å². The van der Waals surface area contributed by atoms with Gasteiger partial charge in [-0.25, -0.2) is 0 Å². The molecule has 254 valence electrons. The Morgan fingerprint density at radius 2 is 0.982 bits per heavy atom. The number of fused-ring (bicyclic) bond motifs is 14. The molecule has 0 atom stereocenters. The molecule has 3 nitrogen and oxygen atoms in total. The van der Waals surface area contributed by atoms with Crippen molar-refractivity contribution in [3.63, 3.8) is 0 Å². The summed E-state index contributed by atoms with van der Waals surface area (Å²) in [5.41, 5.74) is 16.3. The molecular formula is C52H30N2O. The van der Waals surface area contributed by atoms with Crippen LogP contribution in [0.2, 0.25) is 0 Å². The molecule has 0 N–H and O–H groups in total. The smallest absolute Gasteiger partial charge is 0.137 e. The number of hydrogen-bond donors (Lipinski definition) is 0. The van der Waals surface area contributed by atoms with E-state index in [1.165, 1.54) is 82.2 Å². The minimum atomic E-state index is 0.890. The van der Waals surface area contributed by atoms with Gasteiger partial charge in [-0.3, -0.25) is 0 Å². The fourth-order valence-electron chi connectivity index (χ4n) is 9.76. The molecule has 3 aromatic heterocycles. The van der Waals surface area contributed by atoms with Gasteiger partial charge in [-0.2, -0.15) is 0 Å². The second kappa shape index (κ2) is 10.6. The molecular weight excluding hydrogens is 669 g/mol. The first-order chi connectivity index (χ1) is 27.3. The van der Waals surface area contributed by atoms with E-state index in [0.717, 1.165) is 38.8 Å². The van der Waals surface area contributed by atoms with Gasteiger partial charge in [0.25, 0.3) is 0 Å². The fourth-order valence-corrected chi connectivity index (χ4v) is 9.76. The van der Waals surface area contributed by atoms with Crippen LogP contribution in [0.3, 0.4) is 0 Å². The quantitative estimate of drug-likeness (QED) is 0.180. The summed E-state index contributed by atoms with van der Waals surface area (Å²) in [5.74, 6) is 0. The first kappa shape index (κ1) is 29.1. The maximum Gasteiger partial charge on any atom is 0.137 e. The van der Waals surface area contributed by atoms with Crippen LogP contribution in [0.15, 0.2) is 186 Å². The van der Waals surface area contributed by atoms with E-state index in [4.69, 9.17) is 4.42 Å². The summed E-state index contributed by atoms with van der Waals surface area (Å²) < 4.78 is 11.6. The Labute approximate surface area is 315 Å². The molecule has 0 saturated heterocycles. The number of nitrogens with zero attached hydrogens (tertiary/aromatic N) is 2. The Hall–Kier alpha value is -7.36. The van der Waals surface area contributed by atoms with Crippen molar-refractivity contribution < 1.29 is 4.42 Å². The van der Waals surface area contributed by atoms with Gasteiger partial charge in [0.2, 0.25) is 0 Å². The van der Waals surface area contributed by atoms with E-state index in [1.54, 1.807) is 0 Å². The molecule has 1 aliphatic carbocycles. The van der Waals surface area contributed by atoms with Gasteiger partial charge in [0, 0.05) is 38.3 Å². The largest absolute Gasteiger partial charge is 0.456 e. The van der Waals surface area contributed by atoms with E-state index in [2.05, 4.69) is 191 Å². The molecule has 0 fully saturated rings. The molecule has 9 aromatic carbocycles. The summed E-state index contributed by atoms with van der Waals surface area (Å²) in [6.45, 7) is 0. The highest BCUT2D eigenvalue weighted by Crippen LogP contribution is 2.50. The predicted molar refractivity (Wildman–Crippen MR) is 230 cm³/mol. The van der Waals surface area contributed by atoms with Crippen molar-refractivity contribution in [2.24, 2.45) is 0 Å². The van der Waals surface area contributed by atoms with Crippen molar-refractivity contribution in [3.8, 4) is 44.8 Å². The third kappa shape index (κ3) is 3.84. The Balaban J connectivity index is 1.24. The number of furan rings is 1. The lowest BCUT2D eigenvalue weighted by atomic mass is 10.0. The van der Waals surface area contributed by atoms with Crippen molar-refractivity contribution in [1.29, 1.82) is 0 Å². The van der Waals surface area contributed by atoms with Crippen molar-refractivity contribution in [3.05, 3.63) is 182 Å². The van der Waals surface area contributed by atoms with E-state index in [9.17, 15) is 0 Å². The number of para-hydroxylation sites is 2. The number of benzene rings is 9. The van der Waals surface area contributed by atoms with Gasteiger partial charge >= 0.3 is 0 Å². The van der Waals surface area contributed by atoms with Gasteiger partial charge < -0.3 is 13.6 Å². The van der Waals surface area contributed by atoms with Gasteiger partial charge in [0.05, 0.1) is 27.5 Å². The minimum absolute atomic E-state index is 0.890. The van der Waals surface area contributed by atoms with Crippen LogP contribution in [0.25, 0.3) is 121 Å².